The van der Waals surface area contributed by atoms with Gasteiger partial charge in [0.25, 0.3) is 23.6 Å². The van der Waals surface area contributed by atoms with Crippen molar-refractivity contribution in [2.24, 2.45) is 12.8 Å². The van der Waals surface area contributed by atoms with E-state index in [1.807, 2.05) is 0 Å². The summed E-state index contributed by atoms with van der Waals surface area (Å²) in [4.78, 5) is 57.8. The first-order valence-corrected chi connectivity index (χ1v) is 14.3. The number of carbonyl (C=O) groups excluding carboxylic acids is 4. The van der Waals surface area contributed by atoms with Crippen molar-refractivity contribution in [3.05, 3.63) is 65.1 Å². The Morgan fingerprint density at radius 3 is 2.35 bits per heavy atom. The third kappa shape index (κ3) is 7.46. The minimum absolute atomic E-state index is 0.0418. The highest BCUT2D eigenvalue weighted by Crippen LogP contribution is 2.30. The molecule has 46 heavy (non-hydrogen) atoms. The minimum Gasteiger partial charge on any atom is -0.476 e. The molecule has 2 aromatic carbocycles. The van der Waals surface area contributed by atoms with Crippen LogP contribution in [0, 0.1) is 29.9 Å². The molecule has 1 saturated heterocycles. The molecule has 4 rings (SSSR count). The number of nitriles is 1. The van der Waals surface area contributed by atoms with Gasteiger partial charge in [0.2, 0.25) is 5.82 Å². The molecule has 15 heteroatoms. The number of nitrogens with zero attached hydrogens (tertiary/aromatic N) is 6. The molecule has 0 bridgehead atoms. The molecular weight excluding hydrogens is 602 g/mol. The van der Waals surface area contributed by atoms with Crippen LogP contribution in [0.2, 0.25) is 0 Å². The SMILES string of the molecule is Cc1cc(NC(=O)c2ncc(-c3ccc(OCC#N)c(F)c3F)n2C)ccc1C(=O)N1CCN(C(=O)C[N+](C)(C)CC(N)=O)CC1. The number of benzene rings is 2. The number of anilines is 1. The van der Waals surface area contributed by atoms with Crippen molar-refractivity contribution in [2.45, 2.75) is 6.92 Å². The van der Waals surface area contributed by atoms with Crippen molar-refractivity contribution >= 4 is 29.3 Å². The van der Waals surface area contributed by atoms with E-state index >= 15 is 0 Å². The first-order valence-electron chi connectivity index (χ1n) is 14.3. The quantitative estimate of drug-likeness (QED) is 0.320. The zero-order valence-corrected chi connectivity index (χ0v) is 26.0. The number of ether oxygens (including phenoxy) is 1. The van der Waals surface area contributed by atoms with Crippen LogP contribution < -0.4 is 15.8 Å². The van der Waals surface area contributed by atoms with Crippen molar-refractivity contribution in [1.29, 1.82) is 5.26 Å². The van der Waals surface area contributed by atoms with Gasteiger partial charge in [0.15, 0.2) is 37.1 Å². The van der Waals surface area contributed by atoms with E-state index in [1.54, 1.807) is 55.1 Å². The molecule has 1 aromatic heterocycles. The molecular formula is C31H35F2N8O5+. The third-order valence-electron chi connectivity index (χ3n) is 7.59. The highest BCUT2D eigenvalue weighted by Gasteiger charge is 2.30. The number of quaternary nitrogens is 1. The number of piperazine rings is 1. The maximum Gasteiger partial charge on any atom is 0.291 e. The van der Waals surface area contributed by atoms with Gasteiger partial charge in [-0.15, -0.1) is 0 Å². The largest absolute Gasteiger partial charge is 0.476 e. The minimum atomic E-state index is -1.26. The van der Waals surface area contributed by atoms with Crippen LogP contribution in [-0.2, 0) is 16.6 Å². The van der Waals surface area contributed by atoms with E-state index < -0.39 is 35.8 Å². The van der Waals surface area contributed by atoms with Gasteiger partial charge in [-0.25, -0.2) is 9.37 Å². The first-order chi connectivity index (χ1) is 21.7. The molecule has 0 spiro atoms. The molecule has 2 heterocycles. The summed E-state index contributed by atoms with van der Waals surface area (Å²) >= 11 is 0. The van der Waals surface area contributed by atoms with E-state index in [2.05, 4.69) is 10.3 Å². The average Bonchev–Trinajstić information content (AvgIpc) is 3.37. The van der Waals surface area contributed by atoms with Gasteiger partial charge in [-0.05, 0) is 42.8 Å². The summed E-state index contributed by atoms with van der Waals surface area (Å²) in [6.07, 6.45) is 1.24. The summed E-state index contributed by atoms with van der Waals surface area (Å²) in [6.45, 7) is 2.85. The smallest absolute Gasteiger partial charge is 0.291 e. The van der Waals surface area contributed by atoms with Crippen LogP contribution in [0.5, 0.6) is 5.75 Å². The van der Waals surface area contributed by atoms with E-state index in [0.717, 1.165) is 0 Å². The summed E-state index contributed by atoms with van der Waals surface area (Å²) in [5, 5.41) is 11.3. The number of nitrogens with one attached hydrogen (secondary N) is 1. The number of imidazole rings is 1. The fraction of sp³-hybridized carbons (Fsp3) is 0.355. The monoisotopic (exact) mass is 637 g/mol. The highest BCUT2D eigenvalue weighted by atomic mass is 19.2. The van der Waals surface area contributed by atoms with Crippen molar-refractivity contribution in [3.8, 4) is 23.1 Å². The third-order valence-corrected chi connectivity index (χ3v) is 7.59. The molecule has 13 nitrogen and oxygen atoms in total. The van der Waals surface area contributed by atoms with Gasteiger partial charge in [0.05, 0.1) is 26.0 Å². The highest BCUT2D eigenvalue weighted by molar-refractivity contribution is 6.03. The molecule has 0 radical (unpaired) electrons. The number of aromatic nitrogens is 2. The van der Waals surface area contributed by atoms with E-state index in [4.69, 9.17) is 15.7 Å². The number of rotatable bonds is 10. The maximum absolute atomic E-state index is 14.8. The van der Waals surface area contributed by atoms with Gasteiger partial charge in [-0.1, -0.05) is 0 Å². The number of amides is 4. The normalized spacial score (nSPS) is 13.2. The number of halogens is 2. The Bertz CT molecular complexity index is 1720. The lowest BCUT2D eigenvalue weighted by molar-refractivity contribution is -0.874. The summed E-state index contributed by atoms with van der Waals surface area (Å²) in [6, 6.07) is 8.97. The van der Waals surface area contributed by atoms with E-state index in [9.17, 15) is 28.0 Å². The number of carbonyl (C=O) groups is 4. The standard InChI is InChI=1S/C31H34F2N8O5/c1-19-15-20(5-6-21(19)31(45)40-12-10-39(11-13-40)26(43)18-41(3,4)17-25(35)42)37-30(44)29-36-16-23(38(29)2)22-7-8-24(46-14-9-34)28(33)27(22)32/h5-8,15-16H,10-14,17-18H2,1-4H3,(H2-,35,37,42,44,45)/p+1. The molecule has 1 fully saturated rings. The predicted octanol–water partition coefficient (Wildman–Crippen LogP) is 1.67. The fourth-order valence-electron chi connectivity index (χ4n) is 5.26. The molecule has 3 N–H and O–H groups in total. The molecule has 242 valence electrons. The predicted molar refractivity (Wildman–Crippen MR) is 162 cm³/mol. The van der Waals surface area contributed by atoms with E-state index in [0.29, 0.717) is 43.0 Å². The molecule has 0 saturated carbocycles. The summed E-state index contributed by atoms with van der Waals surface area (Å²) in [7, 11) is 4.99. The lowest BCUT2D eigenvalue weighted by Gasteiger charge is -2.37. The van der Waals surface area contributed by atoms with Crippen LogP contribution in [-0.4, -0.2) is 107 Å². The number of hydrogen-bond donors (Lipinski definition) is 2. The summed E-state index contributed by atoms with van der Waals surface area (Å²) in [5.74, 6) is -4.38. The van der Waals surface area contributed by atoms with Gasteiger partial charge < -0.3 is 34.6 Å². The maximum atomic E-state index is 14.8. The second-order valence-electron chi connectivity index (χ2n) is 11.6. The van der Waals surface area contributed by atoms with Crippen molar-refractivity contribution in [1.82, 2.24) is 19.4 Å². The number of nitrogens with two attached hydrogens (primary N) is 1. The Morgan fingerprint density at radius 1 is 1.04 bits per heavy atom. The Kier molecular flexibility index (Phi) is 10.0. The van der Waals surface area contributed by atoms with E-state index in [1.165, 1.54) is 29.9 Å². The summed E-state index contributed by atoms with van der Waals surface area (Å²) < 4.78 is 35.6. The second-order valence-corrected chi connectivity index (χ2v) is 11.6. The Hall–Kier alpha value is -5.36. The van der Waals surface area contributed by atoms with Gasteiger partial charge in [0, 0.05) is 50.0 Å². The van der Waals surface area contributed by atoms with Gasteiger partial charge in [-0.2, -0.15) is 9.65 Å². The van der Waals surface area contributed by atoms with Crippen molar-refractivity contribution in [2.75, 3.05) is 65.3 Å². The molecule has 1 aliphatic rings. The van der Waals surface area contributed by atoms with Crippen LogP contribution >= 0.6 is 0 Å². The van der Waals surface area contributed by atoms with Crippen LogP contribution in [0.1, 0.15) is 26.5 Å². The van der Waals surface area contributed by atoms with Crippen LogP contribution in [0.4, 0.5) is 14.5 Å². The van der Waals surface area contributed by atoms with Crippen molar-refractivity contribution in [3.63, 3.8) is 0 Å². The molecule has 1 aliphatic heterocycles. The zero-order valence-electron chi connectivity index (χ0n) is 26.0. The van der Waals surface area contributed by atoms with Crippen LogP contribution in [0.15, 0.2) is 36.5 Å². The first kappa shape index (κ1) is 33.5. The van der Waals surface area contributed by atoms with Crippen LogP contribution in [0.3, 0.4) is 0 Å². The van der Waals surface area contributed by atoms with Gasteiger partial charge >= 0.3 is 0 Å². The Balaban J connectivity index is 1.39. The summed E-state index contributed by atoms with van der Waals surface area (Å²) in [5.41, 5.74) is 6.72. The number of hydrogen-bond acceptors (Lipinski definition) is 7. The fourth-order valence-corrected chi connectivity index (χ4v) is 5.26. The molecule has 0 atom stereocenters. The number of aryl methyl sites for hydroxylation is 1. The molecule has 3 aromatic rings. The average molecular weight is 638 g/mol. The molecule has 0 aliphatic carbocycles. The van der Waals surface area contributed by atoms with Crippen LogP contribution in [0.25, 0.3) is 11.3 Å². The number of primary amides is 1. The Labute approximate surface area is 264 Å². The molecule has 0 unspecified atom stereocenters. The van der Waals surface area contributed by atoms with E-state index in [-0.39, 0.29) is 46.5 Å². The van der Waals surface area contributed by atoms with Crippen molar-refractivity contribution < 1.29 is 37.2 Å². The number of likely N-dealkylation sites (N-methyl/N-ethyl adjacent to an activating group) is 1. The lowest BCUT2D eigenvalue weighted by atomic mass is 10.1. The van der Waals surface area contributed by atoms with Gasteiger partial charge in [-0.3, -0.25) is 19.2 Å². The molecule has 4 amide bonds. The lowest BCUT2D eigenvalue weighted by Crippen LogP contribution is -2.56. The topological polar surface area (TPSA) is 164 Å². The second kappa shape index (κ2) is 13.7. The zero-order chi connectivity index (χ0) is 33.8. The Morgan fingerprint density at radius 2 is 1.72 bits per heavy atom. The van der Waals surface area contributed by atoms with Gasteiger partial charge in [0.1, 0.15) is 6.07 Å².